The number of rotatable bonds is 3. The molecule has 2 N–H and O–H groups in total. The van der Waals surface area contributed by atoms with Crippen LogP contribution in [0.15, 0.2) is 12.3 Å². The predicted octanol–water partition coefficient (Wildman–Crippen LogP) is -1.19. The summed E-state index contributed by atoms with van der Waals surface area (Å²) in [6.45, 7) is 1.05. The third-order valence-corrected chi connectivity index (χ3v) is 1.72. The van der Waals surface area contributed by atoms with Crippen LogP contribution in [0.2, 0.25) is 0 Å². The van der Waals surface area contributed by atoms with E-state index in [4.69, 9.17) is 15.3 Å². The molecule has 0 bridgehead atoms. The summed E-state index contributed by atoms with van der Waals surface area (Å²) >= 11 is 0. The molecule has 1 fully saturated rings. The first-order chi connectivity index (χ1) is 6.27. The topological polar surface area (TPSA) is 79.4 Å². The summed E-state index contributed by atoms with van der Waals surface area (Å²) in [5.41, 5.74) is 5.33. The monoisotopic (exact) mass is 183 g/mol. The van der Waals surface area contributed by atoms with Crippen LogP contribution in [-0.4, -0.2) is 35.2 Å². The first-order valence-electron chi connectivity index (χ1n) is 3.86. The van der Waals surface area contributed by atoms with Gasteiger partial charge in [-0.1, -0.05) is 4.85 Å². The molecule has 0 spiro atoms. The van der Waals surface area contributed by atoms with Crippen LogP contribution < -0.4 is 10.6 Å². The van der Waals surface area contributed by atoms with E-state index in [9.17, 15) is 4.79 Å². The van der Waals surface area contributed by atoms with Gasteiger partial charge in [-0.25, -0.2) is 0 Å². The van der Waals surface area contributed by atoms with E-state index in [2.05, 4.69) is 5.10 Å². The Kier molecular flexibility index (Phi) is 1.90. The molecule has 1 aromatic rings. The maximum atomic E-state index is 10.8. The van der Waals surface area contributed by atoms with Crippen LogP contribution in [0.3, 0.4) is 0 Å². The van der Waals surface area contributed by atoms with Crippen LogP contribution in [-0.2, 0) is 4.74 Å². The lowest BCUT2D eigenvalue weighted by atomic mass is 10.3. The highest BCUT2D eigenvalue weighted by Crippen LogP contribution is 2.04. The van der Waals surface area contributed by atoms with Gasteiger partial charge in [-0.2, -0.15) is 0 Å². The number of hydrogen-bond donors (Lipinski definition) is 1. The zero-order chi connectivity index (χ0) is 9.26. The average Bonchev–Trinajstić information content (AvgIpc) is 2.44. The molecule has 13 heavy (non-hydrogen) atoms. The fraction of sp³-hybridized carbons (Fsp3) is 0.429. The van der Waals surface area contributed by atoms with Gasteiger partial charge in [0.05, 0.1) is 19.4 Å². The van der Waals surface area contributed by atoms with Crippen molar-refractivity contribution in [2.24, 2.45) is 5.73 Å². The van der Waals surface area contributed by atoms with Gasteiger partial charge in [0.15, 0.2) is 11.8 Å². The third-order valence-electron chi connectivity index (χ3n) is 1.72. The molecule has 0 radical (unpaired) electrons. The SMILES string of the molecule is NC(=O)c1ccnn1OC1COC1. The number of ether oxygens (including phenoxy) is 1. The predicted molar refractivity (Wildman–Crippen MR) is 41.9 cm³/mol. The van der Waals surface area contributed by atoms with Crippen molar-refractivity contribution in [1.29, 1.82) is 0 Å². The van der Waals surface area contributed by atoms with Crippen LogP contribution in [0.5, 0.6) is 0 Å². The van der Waals surface area contributed by atoms with Gasteiger partial charge >= 0.3 is 0 Å². The number of nitrogens with two attached hydrogens (primary N) is 1. The highest BCUT2D eigenvalue weighted by Gasteiger charge is 2.22. The van der Waals surface area contributed by atoms with Crippen molar-refractivity contribution in [1.82, 2.24) is 9.94 Å². The minimum Gasteiger partial charge on any atom is -0.388 e. The van der Waals surface area contributed by atoms with Crippen molar-refractivity contribution >= 4 is 5.91 Å². The van der Waals surface area contributed by atoms with Crippen molar-refractivity contribution in [3.8, 4) is 0 Å². The van der Waals surface area contributed by atoms with E-state index in [1.54, 1.807) is 0 Å². The van der Waals surface area contributed by atoms with Gasteiger partial charge in [0.2, 0.25) is 0 Å². The number of hydrogen-bond acceptors (Lipinski definition) is 4. The highest BCUT2D eigenvalue weighted by molar-refractivity contribution is 5.90. The fourth-order valence-electron chi connectivity index (χ4n) is 0.967. The zero-order valence-electron chi connectivity index (χ0n) is 6.84. The van der Waals surface area contributed by atoms with Crippen molar-refractivity contribution < 1.29 is 14.4 Å². The summed E-state index contributed by atoms with van der Waals surface area (Å²) in [7, 11) is 0. The summed E-state index contributed by atoms with van der Waals surface area (Å²) in [5, 5.41) is 3.80. The van der Waals surface area contributed by atoms with Crippen LogP contribution in [0.25, 0.3) is 0 Å². The third kappa shape index (κ3) is 1.48. The molecule has 0 saturated carbocycles. The van der Waals surface area contributed by atoms with E-state index in [0.29, 0.717) is 13.2 Å². The van der Waals surface area contributed by atoms with Gasteiger partial charge in [0.25, 0.3) is 5.91 Å². The van der Waals surface area contributed by atoms with E-state index in [0.717, 1.165) is 4.85 Å². The van der Waals surface area contributed by atoms with Crippen molar-refractivity contribution in [2.45, 2.75) is 6.10 Å². The summed E-state index contributed by atoms with van der Waals surface area (Å²) in [5.74, 6) is -0.558. The maximum absolute atomic E-state index is 10.8. The van der Waals surface area contributed by atoms with Gasteiger partial charge in [0.1, 0.15) is 0 Å². The second-order valence-electron chi connectivity index (χ2n) is 2.72. The average molecular weight is 183 g/mol. The summed E-state index contributed by atoms with van der Waals surface area (Å²) in [6, 6.07) is 1.50. The lowest BCUT2D eigenvalue weighted by Gasteiger charge is -2.25. The molecular formula is C7H9N3O3. The Labute approximate surface area is 74.2 Å². The molecule has 1 aromatic heterocycles. The molecule has 0 atom stereocenters. The molecule has 1 amide bonds. The van der Waals surface area contributed by atoms with Crippen LogP contribution in [0.4, 0.5) is 0 Å². The molecule has 1 aliphatic heterocycles. The molecule has 0 aliphatic carbocycles. The molecular weight excluding hydrogens is 174 g/mol. The smallest absolute Gasteiger partial charge is 0.270 e. The lowest BCUT2D eigenvalue weighted by molar-refractivity contribution is -0.140. The Hall–Kier alpha value is -1.56. The first-order valence-corrected chi connectivity index (χ1v) is 3.86. The van der Waals surface area contributed by atoms with E-state index < -0.39 is 5.91 Å². The largest absolute Gasteiger partial charge is 0.388 e. The van der Waals surface area contributed by atoms with E-state index >= 15 is 0 Å². The van der Waals surface area contributed by atoms with Gasteiger partial charge in [-0.15, -0.1) is 5.10 Å². The number of primary amides is 1. The molecule has 0 unspecified atom stereocenters. The second kappa shape index (κ2) is 3.06. The van der Waals surface area contributed by atoms with E-state index in [1.807, 2.05) is 0 Å². The van der Waals surface area contributed by atoms with Gasteiger partial charge < -0.3 is 15.3 Å². The Morgan fingerprint density at radius 1 is 1.77 bits per heavy atom. The van der Waals surface area contributed by atoms with Gasteiger partial charge in [-0.05, 0) is 6.07 Å². The van der Waals surface area contributed by atoms with Gasteiger partial charge in [-0.3, -0.25) is 4.79 Å². The standard InChI is InChI=1S/C7H9N3O3/c8-7(11)6-1-2-9-10(6)13-5-3-12-4-5/h1-2,5H,3-4H2,(H2,8,11). The lowest BCUT2D eigenvalue weighted by Crippen LogP contribution is -2.43. The minimum atomic E-state index is -0.558. The number of nitrogens with zero attached hydrogens (tertiary/aromatic N) is 2. The zero-order valence-corrected chi connectivity index (χ0v) is 6.84. The molecule has 1 saturated heterocycles. The molecule has 6 heteroatoms. The maximum Gasteiger partial charge on any atom is 0.270 e. The van der Waals surface area contributed by atoms with Gasteiger partial charge in [0, 0.05) is 0 Å². The Morgan fingerprint density at radius 3 is 3.08 bits per heavy atom. The van der Waals surface area contributed by atoms with Crippen LogP contribution >= 0.6 is 0 Å². The van der Waals surface area contributed by atoms with Crippen LogP contribution in [0.1, 0.15) is 10.5 Å². The Bertz CT molecular complexity index is 319. The van der Waals surface area contributed by atoms with Crippen molar-refractivity contribution in [3.63, 3.8) is 0 Å². The fourth-order valence-corrected chi connectivity index (χ4v) is 0.967. The molecule has 1 aliphatic rings. The number of aromatic nitrogens is 2. The molecule has 70 valence electrons. The van der Waals surface area contributed by atoms with Crippen molar-refractivity contribution in [3.05, 3.63) is 18.0 Å². The minimum absolute atomic E-state index is 0.0296. The first kappa shape index (κ1) is 8.06. The van der Waals surface area contributed by atoms with Crippen molar-refractivity contribution in [2.75, 3.05) is 13.2 Å². The molecule has 6 nitrogen and oxygen atoms in total. The molecule has 2 heterocycles. The Balaban J connectivity index is 2.09. The number of amides is 1. The quantitative estimate of drug-likeness (QED) is 0.639. The normalized spacial score (nSPS) is 16.6. The highest BCUT2D eigenvalue weighted by atomic mass is 16.7. The summed E-state index contributed by atoms with van der Waals surface area (Å²) in [4.78, 5) is 17.2. The number of carbonyl (C=O) groups excluding carboxylic acids is 1. The number of carbonyl (C=O) groups is 1. The van der Waals surface area contributed by atoms with Crippen LogP contribution in [0, 0.1) is 0 Å². The molecule has 2 rings (SSSR count). The second-order valence-corrected chi connectivity index (χ2v) is 2.72. The summed E-state index contributed by atoms with van der Waals surface area (Å²) < 4.78 is 4.90. The van der Waals surface area contributed by atoms with E-state index in [1.165, 1.54) is 12.3 Å². The van der Waals surface area contributed by atoms with E-state index in [-0.39, 0.29) is 11.8 Å². The Morgan fingerprint density at radius 2 is 2.54 bits per heavy atom. The molecule has 0 aromatic carbocycles. The summed E-state index contributed by atoms with van der Waals surface area (Å²) in [6.07, 6.45) is 1.43.